The molecule has 3 aromatic rings. The van der Waals surface area contributed by atoms with E-state index in [1.54, 1.807) is 0 Å². The van der Waals surface area contributed by atoms with Crippen molar-refractivity contribution in [2.75, 3.05) is 0 Å². The Bertz CT molecular complexity index is 706. The summed E-state index contributed by atoms with van der Waals surface area (Å²) in [5, 5.41) is 3.38. The monoisotopic (exact) mass is 284 g/mol. The molecule has 0 aliphatic heterocycles. The fourth-order valence-corrected chi connectivity index (χ4v) is 3.15. The molecule has 0 unspecified atom stereocenters. The SMILES string of the molecule is Clc1cccc(CSc2ccc3ccccc3c2)c1. The van der Waals surface area contributed by atoms with Crippen LogP contribution in [0.5, 0.6) is 0 Å². The first kappa shape index (κ1) is 12.6. The van der Waals surface area contributed by atoms with Crippen molar-refractivity contribution in [3.05, 3.63) is 77.3 Å². The van der Waals surface area contributed by atoms with Gasteiger partial charge in [0.25, 0.3) is 0 Å². The number of rotatable bonds is 3. The smallest absolute Gasteiger partial charge is 0.0409 e. The molecular formula is C17H13ClS. The van der Waals surface area contributed by atoms with Crippen molar-refractivity contribution in [3.8, 4) is 0 Å². The van der Waals surface area contributed by atoms with Crippen molar-refractivity contribution in [2.24, 2.45) is 0 Å². The van der Waals surface area contributed by atoms with Gasteiger partial charge < -0.3 is 0 Å². The zero-order valence-corrected chi connectivity index (χ0v) is 11.9. The van der Waals surface area contributed by atoms with Gasteiger partial charge in [-0.25, -0.2) is 0 Å². The van der Waals surface area contributed by atoms with Gasteiger partial charge in [0.05, 0.1) is 0 Å². The molecule has 0 saturated heterocycles. The van der Waals surface area contributed by atoms with Crippen molar-refractivity contribution < 1.29 is 0 Å². The molecule has 0 bridgehead atoms. The maximum Gasteiger partial charge on any atom is 0.0409 e. The Morgan fingerprint density at radius 2 is 1.63 bits per heavy atom. The highest BCUT2D eigenvalue weighted by atomic mass is 35.5. The third kappa shape index (κ3) is 3.12. The standard InChI is InChI=1S/C17H13ClS/c18-16-7-3-4-13(10-16)12-19-17-9-8-14-5-1-2-6-15(14)11-17/h1-11H,12H2. The van der Waals surface area contributed by atoms with Crippen LogP contribution in [0.25, 0.3) is 10.8 Å². The van der Waals surface area contributed by atoms with E-state index in [1.807, 2.05) is 30.0 Å². The summed E-state index contributed by atoms with van der Waals surface area (Å²) < 4.78 is 0. The van der Waals surface area contributed by atoms with E-state index in [0.717, 1.165) is 10.8 Å². The van der Waals surface area contributed by atoms with E-state index < -0.39 is 0 Å². The molecule has 19 heavy (non-hydrogen) atoms. The number of thioether (sulfide) groups is 1. The first-order chi connectivity index (χ1) is 9.31. The minimum Gasteiger partial charge on any atom is -0.121 e. The second-order valence-corrected chi connectivity index (χ2v) is 5.91. The highest BCUT2D eigenvalue weighted by Crippen LogP contribution is 2.27. The fraction of sp³-hybridized carbons (Fsp3) is 0.0588. The van der Waals surface area contributed by atoms with Gasteiger partial charge in [-0.15, -0.1) is 11.8 Å². The van der Waals surface area contributed by atoms with Gasteiger partial charge in [-0.3, -0.25) is 0 Å². The molecule has 0 aliphatic rings. The van der Waals surface area contributed by atoms with Crippen LogP contribution in [0.2, 0.25) is 5.02 Å². The third-order valence-electron chi connectivity index (χ3n) is 3.02. The average Bonchev–Trinajstić information content (AvgIpc) is 2.45. The molecule has 0 nitrogen and oxygen atoms in total. The molecule has 0 atom stereocenters. The summed E-state index contributed by atoms with van der Waals surface area (Å²) in [5.41, 5.74) is 1.26. The topological polar surface area (TPSA) is 0 Å². The van der Waals surface area contributed by atoms with Crippen LogP contribution in [0.3, 0.4) is 0 Å². The summed E-state index contributed by atoms with van der Waals surface area (Å²) in [4.78, 5) is 1.29. The van der Waals surface area contributed by atoms with Crippen LogP contribution in [0, 0.1) is 0 Å². The van der Waals surface area contributed by atoms with Crippen LogP contribution in [-0.4, -0.2) is 0 Å². The molecule has 3 rings (SSSR count). The molecule has 0 radical (unpaired) electrons. The number of hydrogen-bond donors (Lipinski definition) is 0. The Hall–Kier alpha value is -1.44. The minimum absolute atomic E-state index is 0.802. The van der Waals surface area contributed by atoms with E-state index in [-0.39, 0.29) is 0 Å². The van der Waals surface area contributed by atoms with Gasteiger partial charge in [-0.2, -0.15) is 0 Å². The predicted octanol–water partition coefficient (Wildman–Crippen LogP) is 5.79. The Morgan fingerprint density at radius 1 is 0.789 bits per heavy atom. The van der Waals surface area contributed by atoms with Gasteiger partial charge in [0.2, 0.25) is 0 Å². The lowest BCUT2D eigenvalue weighted by atomic mass is 10.1. The molecule has 0 N–H and O–H groups in total. The van der Waals surface area contributed by atoms with Crippen molar-refractivity contribution in [2.45, 2.75) is 10.6 Å². The van der Waals surface area contributed by atoms with Crippen LogP contribution in [-0.2, 0) is 5.75 Å². The minimum atomic E-state index is 0.802. The normalized spacial score (nSPS) is 10.8. The third-order valence-corrected chi connectivity index (χ3v) is 4.32. The van der Waals surface area contributed by atoms with E-state index >= 15 is 0 Å². The molecule has 0 heterocycles. The van der Waals surface area contributed by atoms with E-state index in [9.17, 15) is 0 Å². The zero-order valence-electron chi connectivity index (χ0n) is 10.3. The molecule has 2 heteroatoms. The van der Waals surface area contributed by atoms with Gasteiger partial charge in [-0.1, -0.05) is 54.1 Å². The van der Waals surface area contributed by atoms with Crippen molar-refractivity contribution >= 4 is 34.1 Å². The molecule has 0 amide bonds. The molecule has 0 aromatic heterocycles. The lowest BCUT2D eigenvalue weighted by molar-refractivity contribution is 1.39. The van der Waals surface area contributed by atoms with Crippen LogP contribution in [0.1, 0.15) is 5.56 Å². The lowest BCUT2D eigenvalue weighted by Crippen LogP contribution is -1.81. The largest absolute Gasteiger partial charge is 0.121 e. The molecule has 0 saturated carbocycles. The van der Waals surface area contributed by atoms with Crippen LogP contribution in [0.4, 0.5) is 0 Å². The van der Waals surface area contributed by atoms with Crippen molar-refractivity contribution in [3.63, 3.8) is 0 Å². The van der Waals surface area contributed by atoms with Crippen molar-refractivity contribution in [1.82, 2.24) is 0 Å². The van der Waals surface area contributed by atoms with Gasteiger partial charge in [0.1, 0.15) is 0 Å². The Morgan fingerprint density at radius 3 is 2.47 bits per heavy atom. The van der Waals surface area contributed by atoms with Gasteiger partial charge >= 0.3 is 0 Å². The van der Waals surface area contributed by atoms with E-state index in [0.29, 0.717) is 0 Å². The zero-order chi connectivity index (χ0) is 13.1. The summed E-state index contributed by atoms with van der Waals surface area (Å²) in [5.74, 6) is 0.943. The molecule has 0 aliphatic carbocycles. The second-order valence-electron chi connectivity index (χ2n) is 4.43. The van der Waals surface area contributed by atoms with Gasteiger partial charge in [0, 0.05) is 15.7 Å². The first-order valence-corrected chi connectivity index (χ1v) is 7.54. The summed E-state index contributed by atoms with van der Waals surface area (Å²) in [6.07, 6.45) is 0. The van der Waals surface area contributed by atoms with E-state index in [4.69, 9.17) is 11.6 Å². The number of fused-ring (bicyclic) bond motifs is 1. The number of halogens is 1. The fourth-order valence-electron chi connectivity index (χ4n) is 2.05. The number of benzene rings is 3. The Balaban J connectivity index is 1.78. The van der Waals surface area contributed by atoms with Crippen LogP contribution < -0.4 is 0 Å². The highest BCUT2D eigenvalue weighted by molar-refractivity contribution is 7.98. The Labute approximate surface area is 122 Å². The molecular weight excluding hydrogens is 272 g/mol. The van der Waals surface area contributed by atoms with E-state index in [2.05, 4.69) is 48.5 Å². The molecule has 94 valence electrons. The predicted molar refractivity (Wildman–Crippen MR) is 85.0 cm³/mol. The molecule has 0 spiro atoms. The summed E-state index contributed by atoms with van der Waals surface area (Å²) in [6, 6.07) is 23.1. The van der Waals surface area contributed by atoms with Crippen LogP contribution in [0.15, 0.2) is 71.6 Å². The quantitative estimate of drug-likeness (QED) is 0.549. The van der Waals surface area contributed by atoms with E-state index in [1.165, 1.54) is 21.2 Å². The van der Waals surface area contributed by atoms with Gasteiger partial charge in [0.15, 0.2) is 0 Å². The summed E-state index contributed by atoms with van der Waals surface area (Å²) in [7, 11) is 0. The molecule has 0 fully saturated rings. The Kier molecular flexibility index (Phi) is 3.77. The highest BCUT2D eigenvalue weighted by Gasteiger charge is 1.99. The summed E-state index contributed by atoms with van der Waals surface area (Å²) in [6.45, 7) is 0. The number of hydrogen-bond acceptors (Lipinski definition) is 1. The van der Waals surface area contributed by atoms with Gasteiger partial charge in [-0.05, 0) is 40.6 Å². The maximum absolute atomic E-state index is 6.00. The second kappa shape index (κ2) is 5.68. The average molecular weight is 285 g/mol. The maximum atomic E-state index is 6.00. The lowest BCUT2D eigenvalue weighted by Gasteiger charge is -2.04. The van der Waals surface area contributed by atoms with Crippen LogP contribution >= 0.6 is 23.4 Å². The molecule has 3 aromatic carbocycles. The summed E-state index contributed by atoms with van der Waals surface area (Å²) >= 11 is 7.83. The van der Waals surface area contributed by atoms with Crippen molar-refractivity contribution in [1.29, 1.82) is 0 Å². The first-order valence-electron chi connectivity index (χ1n) is 6.17.